The molecule has 2 bridgehead atoms. The molecule has 3 aliphatic rings. The summed E-state index contributed by atoms with van der Waals surface area (Å²) in [5.41, 5.74) is 0. The van der Waals surface area contributed by atoms with Crippen LogP contribution in [0.4, 0.5) is 0 Å². The molecular weight excluding hydrogens is 326 g/mol. The Balaban J connectivity index is 1.48. The van der Waals surface area contributed by atoms with Crippen LogP contribution in [0.2, 0.25) is 0 Å². The zero-order valence-corrected chi connectivity index (χ0v) is 17.0. The number of hydrogen-bond donors (Lipinski definition) is 2. The van der Waals surface area contributed by atoms with Gasteiger partial charge in [-0.15, -0.1) is 0 Å². The minimum Gasteiger partial charge on any atom is -0.379 e. The number of guanidine groups is 1. The zero-order chi connectivity index (χ0) is 18.4. The van der Waals surface area contributed by atoms with Crippen molar-refractivity contribution in [3.63, 3.8) is 0 Å². The van der Waals surface area contributed by atoms with Crippen molar-refractivity contribution in [2.24, 2.45) is 10.9 Å². The topological polar surface area (TPSA) is 52.1 Å². The molecule has 0 spiro atoms. The van der Waals surface area contributed by atoms with Crippen LogP contribution >= 0.6 is 0 Å². The third-order valence-electron chi connectivity index (χ3n) is 6.26. The van der Waals surface area contributed by atoms with Gasteiger partial charge in [0.05, 0.1) is 13.2 Å². The van der Waals surface area contributed by atoms with Gasteiger partial charge in [0.1, 0.15) is 0 Å². The fraction of sp³-hybridized carbons (Fsp3) is 0.950. The molecule has 0 aromatic heterocycles. The predicted molar refractivity (Wildman–Crippen MR) is 108 cm³/mol. The molecule has 3 atom stereocenters. The number of nitrogens with one attached hydrogen (secondary N) is 2. The number of fused-ring (bicyclic) bond motifs is 2. The Kier molecular flexibility index (Phi) is 7.58. The highest BCUT2D eigenvalue weighted by Gasteiger charge is 2.36. The first-order chi connectivity index (χ1) is 12.7. The summed E-state index contributed by atoms with van der Waals surface area (Å²) in [5.74, 6) is 1.58. The monoisotopic (exact) mass is 365 g/mol. The molecule has 0 aromatic rings. The average molecular weight is 366 g/mol. The van der Waals surface area contributed by atoms with E-state index in [9.17, 15) is 0 Å². The highest BCUT2D eigenvalue weighted by atomic mass is 16.5. The Morgan fingerprint density at radius 1 is 1.19 bits per heavy atom. The zero-order valence-electron chi connectivity index (χ0n) is 17.0. The van der Waals surface area contributed by atoms with E-state index in [1.165, 1.54) is 32.1 Å². The van der Waals surface area contributed by atoms with Gasteiger partial charge in [0.2, 0.25) is 0 Å². The molecule has 3 heterocycles. The van der Waals surface area contributed by atoms with Gasteiger partial charge < -0.3 is 20.3 Å². The third kappa shape index (κ3) is 5.57. The van der Waals surface area contributed by atoms with Crippen molar-refractivity contribution in [1.82, 2.24) is 20.4 Å². The van der Waals surface area contributed by atoms with Crippen LogP contribution < -0.4 is 10.6 Å². The maximum Gasteiger partial charge on any atom is 0.191 e. The number of aliphatic imine (C=N–C) groups is 1. The molecule has 6 nitrogen and oxygen atoms in total. The lowest BCUT2D eigenvalue weighted by molar-refractivity contribution is 0.0323. The molecule has 6 heteroatoms. The van der Waals surface area contributed by atoms with E-state index in [0.717, 1.165) is 64.0 Å². The van der Waals surface area contributed by atoms with E-state index in [4.69, 9.17) is 9.73 Å². The van der Waals surface area contributed by atoms with Crippen molar-refractivity contribution in [3.8, 4) is 0 Å². The van der Waals surface area contributed by atoms with Crippen LogP contribution in [0.1, 0.15) is 46.0 Å². The van der Waals surface area contributed by atoms with Crippen LogP contribution in [0, 0.1) is 5.92 Å². The molecule has 3 fully saturated rings. The Morgan fingerprint density at radius 2 is 1.88 bits per heavy atom. The summed E-state index contributed by atoms with van der Waals surface area (Å²) in [5, 5.41) is 7.20. The number of rotatable bonds is 6. The van der Waals surface area contributed by atoms with Crippen molar-refractivity contribution >= 4 is 5.96 Å². The fourth-order valence-corrected chi connectivity index (χ4v) is 4.78. The second-order valence-electron chi connectivity index (χ2n) is 8.45. The maximum atomic E-state index is 5.44. The van der Waals surface area contributed by atoms with Crippen LogP contribution in [0.25, 0.3) is 0 Å². The lowest BCUT2D eigenvalue weighted by Crippen LogP contribution is -2.56. The van der Waals surface area contributed by atoms with Crippen LogP contribution in [-0.4, -0.2) is 86.9 Å². The number of nitrogens with zero attached hydrogens (tertiary/aromatic N) is 3. The summed E-state index contributed by atoms with van der Waals surface area (Å²) in [4.78, 5) is 10.0. The first-order valence-electron chi connectivity index (χ1n) is 10.7. The molecule has 0 aromatic carbocycles. The van der Waals surface area contributed by atoms with Gasteiger partial charge in [-0.05, 0) is 45.6 Å². The molecule has 3 rings (SSSR count). The smallest absolute Gasteiger partial charge is 0.191 e. The van der Waals surface area contributed by atoms with Gasteiger partial charge in [-0.2, -0.15) is 0 Å². The summed E-state index contributed by atoms with van der Waals surface area (Å²) >= 11 is 0. The lowest BCUT2D eigenvalue weighted by atomic mass is 9.82. The van der Waals surface area contributed by atoms with Crippen LogP contribution in [0.5, 0.6) is 0 Å². The van der Waals surface area contributed by atoms with Gasteiger partial charge in [-0.25, -0.2) is 0 Å². The summed E-state index contributed by atoms with van der Waals surface area (Å²) in [7, 11) is 2.32. The second kappa shape index (κ2) is 9.90. The largest absolute Gasteiger partial charge is 0.379 e. The van der Waals surface area contributed by atoms with Gasteiger partial charge in [0.15, 0.2) is 5.96 Å². The average Bonchev–Trinajstić information content (AvgIpc) is 2.61. The van der Waals surface area contributed by atoms with E-state index in [0.29, 0.717) is 12.0 Å². The van der Waals surface area contributed by atoms with Crippen LogP contribution in [0.15, 0.2) is 4.99 Å². The second-order valence-corrected chi connectivity index (χ2v) is 8.45. The number of hydrogen-bond acceptors (Lipinski definition) is 4. The van der Waals surface area contributed by atoms with Crippen molar-refractivity contribution < 1.29 is 4.74 Å². The first kappa shape index (κ1) is 19.9. The van der Waals surface area contributed by atoms with E-state index in [2.05, 4.69) is 41.3 Å². The van der Waals surface area contributed by atoms with E-state index in [1.54, 1.807) is 0 Å². The molecule has 3 aliphatic heterocycles. The number of morpholine rings is 1. The molecule has 0 saturated carbocycles. The Hall–Kier alpha value is -0.850. The standard InChI is InChI=1S/C20H39N5O/c1-4-21-20(22-14-16(2)15-25-8-10-26-11-9-25)23-17-12-18-6-5-7-19(13-17)24(18)3/h16-19H,4-15H2,1-3H3,(H2,21,22,23). The summed E-state index contributed by atoms with van der Waals surface area (Å²) in [6.07, 6.45) is 6.62. The van der Waals surface area contributed by atoms with Crippen LogP contribution in [-0.2, 0) is 4.74 Å². The Labute approximate surface area is 159 Å². The number of piperidine rings is 2. The van der Waals surface area contributed by atoms with E-state index >= 15 is 0 Å². The van der Waals surface area contributed by atoms with Crippen LogP contribution in [0.3, 0.4) is 0 Å². The summed E-state index contributed by atoms with van der Waals surface area (Å²) < 4.78 is 5.44. The first-order valence-corrected chi connectivity index (χ1v) is 10.7. The molecule has 3 saturated heterocycles. The quantitative estimate of drug-likeness (QED) is 0.552. The van der Waals surface area contributed by atoms with Gasteiger partial charge in [0, 0.05) is 50.8 Å². The van der Waals surface area contributed by atoms with Gasteiger partial charge in [-0.3, -0.25) is 9.89 Å². The molecule has 150 valence electrons. The van der Waals surface area contributed by atoms with Crippen molar-refractivity contribution in [2.45, 2.75) is 64.1 Å². The van der Waals surface area contributed by atoms with E-state index < -0.39 is 0 Å². The van der Waals surface area contributed by atoms with Crippen molar-refractivity contribution in [2.75, 3.05) is 53.0 Å². The van der Waals surface area contributed by atoms with Crippen molar-refractivity contribution in [1.29, 1.82) is 0 Å². The highest BCUT2D eigenvalue weighted by molar-refractivity contribution is 5.80. The molecule has 0 radical (unpaired) electrons. The summed E-state index contributed by atoms with van der Waals surface area (Å²) in [6, 6.07) is 2.07. The fourth-order valence-electron chi connectivity index (χ4n) is 4.78. The molecule has 0 amide bonds. The minimum absolute atomic E-state index is 0.564. The lowest BCUT2D eigenvalue weighted by Gasteiger charge is -2.47. The predicted octanol–water partition coefficient (Wildman–Crippen LogP) is 1.53. The summed E-state index contributed by atoms with van der Waals surface area (Å²) in [6.45, 7) is 11.2. The van der Waals surface area contributed by atoms with Gasteiger partial charge >= 0.3 is 0 Å². The molecule has 2 N–H and O–H groups in total. The molecular formula is C20H39N5O. The van der Waals surface area contributed by atoms with E-state index in [1.807, 2.05) is 0 Å². The maximum absolute atomic E-state index is 5.44. The Morgan fingerprint density at radius 3 is 2.54 bits per heavy atom. The SMILES string of the molecule is CCNC(=NCC(C)CN1CCOCC1)NC1CC2CCCC(C1)N2C. The van der Waals surface area contributed by atoms with E-state index in [-0.39, 0.29) is 0 Å². The van der Waals surface area contributed by atoms with Gasteiger partial charge in [0.25, 0.3) is 0 Å². The van der Waals surface area contributed by atoms with Crippen molar-refractivity contribution in [3.05, 3.63) is 0 Å². The Bertz CT molecular complexity index is 437. The third-order valence-corrected chi connectivity index (χ3v) is 6.26. The minimum atomic E-state index is 0.564. The molecule has 26 heavy (non-hydrogen) atoms. The molecule has 0 aliphatic carbocycles. The molecule has 3 unspecified atom stereocenters. The van der Waals surface area contributed by atoms with Gasteiger partial charge in [-0.1, -0.05) is 13.3 Å². The normalized spacial score (nSPS) is 32.3. The highest BCUT2D eigenvalue weighted by Crippen LogP contribution is 2.32. The number of ether oxygens (including phenoxy) is 1.